The summed E-state index contributed by atoms with van der Waals surface area (Å²) in [5.74, 6) is 0. The first kappa shape index (κ1) is 16.4. The monoisotopic (exact) mass is 293 g/mol. The predicted octanol–water partition coefficient (Wildman–Crippen LogP) is 3.37. The molecule has 0 aromatic heterocycles. The van der Waals surface area contributed by atoms with Crippen LogP contribution in [0, 0.1) is 0 Å². The second-order valence-corrected chi connectivity index (χ2v) is 5.22. The summed E-state index contributed by atoms with van der Waals surface area (Å²) in [4.78, 5) is 0. The molecule has 21 heavy (non-hydrogen) atoms. The first-order valence-corrected chi connectivity index (χ1v) is 8.00. The molecular weight excluding hydrogens is 266 g/mol. The molecule has 1 aliphatic rings. The van der Waals surface area contributed by atoms with Gasteiger partial charge in [0, 0.05) is 31.9 Å². The number of hydrogen-bond donors (Lipinski definition) is 1. The molecular formula is C17H27NO3. The zero-order chi connectivity index (χ0) is 14.9. The Hall–Kier alpha value is -0.940. The predicted molar refractivity (Wildman–Crippen MR) is 82.9 cm³/mol. The van der Waals surface area contributed by atoms with Gasteiger partial charge in [0.2, 0.25) is 0 Å². The molecule has 1 N–H and O–H groups in total. The van der Waals surface area contributed by atoms with E-state index in [0.717, 1.165) is 25.1 Å². The minimum Gasteiger partial charge on any atom is -0.363 e. The van der Waals surface area contributed by atoms with E-state index in [1.54, 1.807) is 0 Å². The number of ether oxygens (including phenoxy) is 3. The third-order valence-corrected chi connectivity index (χ3v) is 3.60. The Morgan fingerprint density at radius 2 is 1.86 bits per heavy atom. The summed E-state index contributed by atoms with van der Waals surface area (Å²) in [6.07, 6.45) is 3.49. The van der Waals surface area contributed by atoms with Crippen molar-refractivity contribution in [1.82, 2.24) is 5.32 Å². The Morgan fingerprint density at radius 3 is 2.43 bits per heavy atom. The van der Waals surface area contributed by atoms with Gasteiger partial charge >= 0.3 is 0 Å². The second-order valence-electron chi connectivity index (χ2n) is 5.22. The van der Waals surface area contributed by atoms with Gasteiger partial charge < -0.3 is 14.2 Å². The van der Waals surface area contributed by atoms with Crippen LogP contribution in [-0.4, -0.2) is 26.0 Å². The molecule has 1 heterocycles. The highest BCUT2D eigenvalue weighted by Crippen LogP contribution is 2.19. The number of benzene rings is 1. The number of nitrogens with one attached hydrogen (secondary N) is 1. The summed E-state index contributed by atoms with van der Waals surface area (Å²) in [6, 6.07) is 8.40. The molecule has 1 aromatic rings. The van der Waals surface area contributed by atoms with Crippen LogP contribution in [0.4, 0.5) is 0 Å². The van der Waals surface area contributed by atoms with E-state index < -0.39 is 0 Å². The lowest BCUT2D eigenvalue weighted by molar-refractivity contribution is -0.140. The minimum atomic E-state index is -0.260. The molecule has 0 aliphatic carbocycles. The Balaban J connectivity index is 1.85. The lowest BCUT2D eigenvalue weighted by Crippen LogP contribution is -2.34. The summed E-state index contributed by atoms with van der Waals surface area (Å²) in [5.41, 5.74) is 2.32. The van der Waals surface area contributed by atoms with Crippen LogP contribution in [0.2, 0.25) is 0 Å². The van der Waals surface area contributed by atoms with Crippen LogP contribution in [0.15, 0.2) is 24.3 Å². The van der Waals surface area contributed by atoms with Crippen LogP contribution < -0.4 is 5.32 Å². The maximum Gasteiger partial charge on any atom is 0.183 e. The van der Waals surface area contributed by atoms with Gasteiger partial charge in [-0.05, 0) is 38.7 Å². The van der Waals surface area contributed by atoms with Gasteiger partial charge in [0.25, 0.3) is 0 Å². The molecule has 1 fully saturated rings. The van der Waals surface area contributed by atoms with Crippen molar-refractivity contribution in [1.29, 1.82) is 0 Å². The lowest BCUT2D eigenvalue weighted by atomic mass is 10.1. The van der Waals surface area contributed by atoms with E-state index in [9.17, 15) is 0 Å². The molecule has 1 unspecified atom stereocenters. The van der Waals surface area contributed by atoms with Crippen molar-refractivity contribution in [3.8, 4) is 0 Å². The smallest absolute Gasteiger partial charge is 0.183 e. The average Bonchev–Trinajstić information content (AvgIpc) is 2.54. The highest BCUT2D eigenvalue weighted by atomic mass is 16.7. The van der Waals surface area contributed by atoms with Crippen LogP contribution >= 0.6 is 0 Å². The summed E-state index contributed by atoms with van der Waals surface area (Å²) < 4.78 is 16.9. The number of hydrogen-bond acceptors (Lipinski definition) is 4. The normalized spacial score (nSPS) is 19.1. The number of rotatable bonds is 8. The van der Waals surface area contributed by atoms with Crippen molar-refractivity contribution in [2.24, 2.45) is 0 Å². The molecule has 4 nitrogen and oxygen atoms in total. The van der Waals surface area contributed by atoms with E-state index >= 15 is 0 Å². The van der Waals surface area contributed by atoms with Crippen molar-refractivity contribution >= 4 is 0 Å². The molecule has 1 aromatic carbocycles. The van der Waals surface area contributed by atoms with Crippen LogP contribution in [0.25, 0.3) is 0 Å². The van der Waals surface area contributed by atoms with Gasteiger partial charge in [-0.3, -0.25) is 5.32 Å². The standard InChI is InChI=1S/C17H27NO3/c1-3-19-17(20-4-2)15-10-8-14(9-11-15)13-18-16-7-5-6-12-21-16/h8-11,16-18H,3-7,12-13H2,1-2H3. The van der Waals surface area contributed by atoms with Gasteiger partial charge in [-0.15, -0.1) is 0 Å². The van der Waals surface area contributed by atoms with Crippen molar-refractivity contribution in [3.05, 3.63) is 35.4 Å². The lowest BCUT2D eigenvalue weighted by Gasteiger charge is -2.23. The Bertz CT molecular complexity index is 382. The van der Waals surface area contributed by atoms with E-state index in [1.165, 1.54) is 18.4 Å². The average molecular weight is 293 g/mol. The third-order valence-electron chi connectivity index (χ3n) is 3.60. The topological polar surface area (TPSA) is 39.7 Å². The zero-order valence-electron chi connectivity index (χ0n) is 13.1. The summed E-state index contributed by atoms with van der Waals surface area (Å²) in [5, 5.41) is 3.45. The molecule has 4 heteroatoms. The molecule has 1 saturated heterocycles. The van der Waals surface area contributed by atoms with Gasteiger partial charge in [0.05, 0.1) is 0 Å². The zero-order valence-corrected chi connectivity index (χ0v) is 13.1. The van der Waals surface area contributed by atoms with Gasteiger partial charge in [0.1, 0.15) is 6.23 Å². The minimum absolute atomic E-state index is 0.207. The fraction of sp³-hybridized carbons (Fsp3) is 0.647. The van der Waals surface area contributed by atoms with Crippen molar-refractivity contribution in [3.63, 3.8) is 0 Å². The molecule has 0 saturated carbocycles. The van der Waals surface area contributed by atoms with Crippen LogP contribution in [0.3, 0.4) is 0 Å². The molecule has 1 aliphatic heterocycles. The van der Waals surface area contributed by atoms with Crippen molar-refractivity contribution in [2.75, 3.05) is 19.8 Å². The molecule has 0 amide bonds. The van der Waals surface area contributed by atoms with E-state index in [0.29, 0.717) is 13.2 Å². The Kier molecular flexibility index (Phi) is 7.16. The largest absolute Gasteiger partial charge is 0.363 e. The highest BCUT2D eigenvalue weighted by Gasteiger charge is 2.13. The van der Waals surface area contributed by atoms with Crippen LogP contribution in [0.5, 0.6) is 0 Å². The van der Waals surface area contributed by atoms with Crippen molar-refractivity contribution < 1.29 is 14.2 Å². The fourth-order valence-corrected chi connectivity index (χ4v) is 2.47. The van der Waals surface area contributed by atoms with Gasteiger partial charge in [-0.25, -0.2) is 0 Å². The quantitative estimate of drug-likeness (QED) is 0.746. The maximum atomic E-state index is 5.67. The summed E-state index contributed by atoms with van der Waals surface area (Å²) in [6.45, 7) is 6.96. The van der Waals surface area contributed by atoms with Gasteiger partial charge in [-0.2, -0.15) is 0 Å². The summed E-state index contributed by atoms with van der Waals surface area (Å²) in [7, 11) is 0. The van der Waals surface area contributed by atoms with Gasteiger partial charge in [0.15, 0.2) is 6.29 Å². The molecule has 2 rings (SSSR count). The highest BCUT2D eigenvalue weighted by molar-refractivity contribution is 5.23. The van der Waals surface area contributed by atoms with E-state index in [2.05, 4.69) is 29.6 Å². The molecule has 0 spiro atoms. The third kappa shape index (κ3) is 5.40. The van der Waals surface area contributed by atoms with Crippen LogP contribution in [0.1, 0.15) is 50.5 Å². The maximum absolute atomic E-state index is 5.67. The van der Waals surface area contributed by atoms with Crippen molar-refractivity contribution in [2.45, 2.75) is 52.2 Å². The molecule has 1 atom stereocenters. The SMILES string of the molecule is CCOC(OCC)c1ccc(CNC2CCCCO2)cc1. The summed E-state index contributed by atoms with van der Waals surface area (Å²) >= 11 is 0. The molecule has 118 valence electrons. The van der Waals surface area contributed by atoms with Crippen LogP contribution in [-0.2, 0) is 20.8 Å². The van der Waals surface area contributed by atoms with E-state index in [-0.39, 0.29) is 12.5 Å². The fourth-order valence-electron chi connectivity index (χ4n) is 2.47. The van der Waals surface area contributed by atoms with E-state index in [4.69, 9.17) is 14.2 Å². The Labute approximate surface area is 127 Å². The first-order chi connectivity index (χ1) is 10.3. The van der Waals surface area contributed by atoms with Gasteiger partial charge in [-0.1, -0.05) is 24.3 Å². The molecule has 0 bridgehead atoms. The first-order valence-electron chi connectivity index (χ1n) is 8.00. The van der Waals surface area contributed by atoms with E-state index in [1.807, 2.05) is 13.8 Å². The molecule has 0 radical (unpaired) electrons. The Morgan fingerprint density at radius 1 is 1.14 bits per heavy atom. The second kappa shape index (κ2) is 9.15.